The van der Waals surface area contributed by atoms with E-state index in [1.165, 1.54) is 30.0 Å². The second kappa shape index (κ2) is 7.62. The van der Waals surface area contributed by atoms with Gasteiger partial charge in [0.2, 0.25) is 11.8 Å². The van der Waals surface area contributed by atoms with Gasteiger partial charge in [-0.2, -0.15) is 0 Å². The molecule has 0 heterocycles. The van der Waals surface area contributed by atoms with E-state index < -0.39 is 5.82 Å². The van der Waals surface area contributed by atoms with Crippen molar-refractivity contribution in [3.05, 3.63) is 30.1 Å². The Morgan fingerprint density at radius 2 is 2.00 bits per heavy atom. The Hall–Kier alpha value is -1.91. The van der Waals surface area contributed by atoms with Gasteiger partial charge >= 0.3 is 0 Å². The first kappa shape index (κ1) is 16.1. The fourth-order valence-corrected chi connectivity index (χ4v) is 1.80. The van der Waals surface area contributed by atoms with E-state index in [0.717, 1.165) is 12.8 Å². The minimum atomic E-state index is -0.430. The van der Waals surface area contributed by atoms with Gasteiger partial charge in [0.25, 0.3) is 0 Å². The van der Waals surface area contributed by atoms with E-state index in [4.69, 9.17) is 0 Å². The Morgan fingerprint density at radius 1 is 1.30 bits per heavy atom. The summed E-state index contributed by atoms with van der Waals surface area (Å²) in [5, 5.41) is 0. The average Bonchev–Trinajstić information content (AvgIpc) is 2.41. The van der Waals surface area contributed by atoms with Crippen molar-refractivity contribution < 1.29 is 14.0 Å². The molecule has 1 aromatic rings. The highest BCUT2D eigenvalue weighted by Gasteiger charge is 2.18. The third-order valence-corrected chi connectivity index (χ3v) is 3.07. The lowest BCUT2D eigenvalue weighted by atomic mass is 10.2. The largest absolute Gasteiger partial charge is 0.344 e. The second-order valence-corrected chi connectivity index (χ2v) is 4.75. The van der Waals surface area contributed by atoms with Crippen LogP contribution < -0.4 is 4.90 Å². The van der Waals surface area contributed by atoms with Crippen molar-refractivity contribution in [2.75, 3.05) is 25.0 Å². The standard InChI is InChI=1S/C15H21FN2O2/c1-4-5-9-17(3)15(20)11-18(12(2)19)14-8-6-7-13(16)10-14/h6-8,10H,4-5,9,11H2,1-3H3. The molecule has 0 bridgehead atoms. The fourth-order valence-electron chi connectivity index (χ4n) is 1.80. The third-order valence-electron chi connectivity index (χ3n) is 3.07. The molecule has 0 aliphatic rings. The lowest BCUT2D eigenvalue weighted by molar-refractivity contribution is -0.130. The molecule has 0 aliphatic heterocycles. The zero-order chi connectivity index (χ0) is 15.1. The number of hydrogen-bond donors (Lipinski definition) is 0. The predicted molar refractivity (Wildman–Crippen MR) is 77.0 cm³/mol. The van der Waals surface area contributed by atoms with Crippen molar-refractivity contribution in [1.29, 1.82) is 0 Å². The van der Waals surface area contributed by atoms with Crippen LogP contribution in [-0.4, -0.2) is 36.9 Å². The number of benzene rings is 1. The second-order valence-electron chi connectivity index (χ2n) is 4.75. The summed E-state index contributed by atoms with van der Waals surface area (Å²) in [7, 11) is 1.71. The first-order chi connectivity index (χ1) is 9.45. The van der Waals surface area contributed by atoms with Crippen LogP contribution >= 0.6 is 0 Å². The molecule has 2 amide bonds. The van der Waals surface area contributed by atoms with Gasteiger partial charge in [0, 0.05) is 26.2 Å². The van der Waals surface area contributed by atoms with Gasteiger partial charge in [-0.1, -0.05) is 19.4 Å². The maximum absolute atomic E-state index is 13.2. The van der Waals surface area contributed by atoms with Gasteiger partial charge in [-0.25, -0.2) is 4.39 Å². The lowest BCUT2D eigenvalue weighted by Crippen LogP contribution is -2.41. The van der Waals surface area contributed by atoms with Crippen LogP contribution in [0.1, 0.15) is 26.7 Å². The quantitative estimate of drug-likeness (QED) is 0.803. The van der Waals surface area contributed by atoms with Gasteiger partial charge < -0.3 is 9.80 Å². The number of rotatable bonds is 6. The van der Waals surface area contributed by atoms with Crippen LogP contribution in [0.15, 0.2) is 24.3 Å². The first-order valence-electron chi connectivity index (χ1n) is 6.73. The van der Waals surface area contributed by atoms with E-state index in [-0.39, 0.29) is 18.4 Å². The number of anilines is 1. The highest BCUT2D eigenvalue weighted by molar-refractivity contribution is 5.97. The van der Waals surface area contributed by atoms with Gasteiger partial charge in [-0.15, -0.1) is 0 Å². The molecule has 0 saturated heterocycles. The van der Waals surface area contributed by atoms with E-state index in [1.54, 1.807) is 18.0 Å². The number of halogens is 1. The van der Waals surface area contributed by atoms with E-state index in [1.807, 2.05) is 6.92 Å². The van der Waals surface area contributed by atoms with Crippen molar-refractivity contribution in [3.63, 3.8) is 0 Å². The molecule has 4 nitrogen and oxygen atoms in total. The molecule has 0 atom stereocenters. The number of hydrogen-bond acceptors (Lipinski definition) is 2. The Morgan fingerprint density at radius 3 is 2.55 bits per heavy atom. The summed E-state index contributed by atoms with van der Waals surface area (Å²) in [6.07, 6.45) is 1.92. The van der Waals surface area contributed by atoms with E-state index in [0.29, 0.717) is 12.2 Å². The molecule has 0 N–H and O–H groups in total. The molecule has 1 aromatic carbocycles. The highest BCUT2D eigenvalue weighted by Crippen LogP contribution is 2.16. The van der Waals surface area contributed by atoms with Crippen LogP contribution in [-0.2, 0) is 9.59 Å². The summed E-state index contributed by atoms with van der Waals surface area (Å²) >= 11 is 0. The van der Waals surface area contributed by atoms with Gasteiger partial charge in [0.1, 0.15) is 12.4 Å². The Balaban J connectivity index is 2.78. The van der Waals surface area contributed by atoms with Crippen LogP contribution in [0.2, 0.25) is 0 Å². The lowest BCUT2D eigenvalue weighted by Gasteiger charge is -2.24. The minimum absolute atomic E-state index is 0.0704. The molecule has 5 heteroatoms. The van der Waals surface area contributed by atoms with Crippen molar-refractivity contribution in [1.82, 2.24) is 4.90 Å². The molecule has 110 valence electrons. The Labute approximate surface area is 119 Å². The summed E-state index contributed by atoms with van der Waals surface area (Å²) < 4.78 is 13.2. The monoisotopic (exact) mass is 280 g/mol. The molecule has 20 heavy (non-hydrogen) atoms. The van der Waals surface area contributed by atoms with E-state index in [9.17, 15) is 14.0 Å². The van der Waals surface area contributed by atoms with Gasteiger partial charge in [0.05, 0.1) is 0 Å². The van der Waals surface area contributed by atoms with Crippen LogP contribution in [0.3, 0.4) is 0 Å². The average molecular weight is 280 g/mol. The molecular formula is C15H21FN2O2. The zero-order valence-electron chi connectivity index (χ0n) is 12.2. The number of likely N-dealkylation sites (N-methyl/N-ethyl adjacent to an activating group) is 1. The Bertz CT molecular complexity index is 477. The van der Waals surface area contributed by atoms with Crippen molar-refractivity contribution in [2.24, 2.45) is 0 Å². The minimum Gasteiger partial charge on any atom is -0.344 e. The topological polar surface area (TPSA) is 40.6 Å². The summed E-state index contributed by atoms with van der Waals surface area (Å²) in [5.74, 6) is -0.869. The molecule has 0 fully saturated rings. The van der Waals surface area contributed by atoms with Gasteiger partial charge in [-0.3, -0.25) is 9.59 Å². The normalized spacial score (nSPS) is 10.2. The summed E-state index contributed by atoms with van der Waals surface area (Å²) in [6.45, 7) is 4.00. The molecule has 0 spiro atoms. The molecule has 0 unspecified atom stereocenters. The predicted octanol–water partition coefficient (Wildman–Crippen LogP) is 2.44. The number of amides is 2. The van der Waals surface area contributed by atoms with Crippen LogP contribution in [0.25, 0.3) is 0 Å². The van der Waals surface area contributed by atoms with Gasteiger partial charge in [0.15, 0.2) is 0 Å². The maximum atomic E-state index is 13.2. The van der Waals surface area contributed by atoms with E-state index >= 15 is 0 Å². The number of nitrogens with zero attached hydrogens (tertiary/aromatic N) is 2. The van der Waals surface area contributed by atoms with Crippen LogP contribution in [0.5, 0.6) is 0 Å². The number of carbonyl (C=O) groups is 2. The van der Waals surface area contributed by atoms with Crippen LogP contribution in [0, 0.1) is 5.82 Å². The van der Waals surface area contributed by atoms with E-state index in [2.05, 4.69) is 0 Å². The highest BCUT2D eigenvalue weighted by atomic mass is 19.1. The number of carbonyl (C=O) groups excluding carboxylic acids is 2. The van der Waals surface area contributed by atoms with Crippen molar-refractivity contribution >= 4 is 17.5 Å². The maximum Gasteiger partial charge on any atom is 0.242 e. The van der Waals surface area contributed by atoms with Gasteiger partial charge in [-0.05, 0) is 24.6 Å². The fraction of sp³-hybridized carbons (Fsp3) is 0.467. The molecule has 0 aromatic heterocycles. The van der Waals surface area contributed by atoms with Crippen molar-refractivity contribution in [3.8, 4) is 0 Å². The summed E-state index contributed by atoms with van der Waals surface area (Å²) in [6, 6.07) is 5.69. The smallest absolute Gasteiger partial charge is 0.242 e. The molecule has 0 radical (unpaired) electrons. The van der Waals surface area contributed by atoms with Crippen LogP contribution in [0.4, 0.5) is 10.1 Å². The number of unbranched alkanes of at least 4 members (excludes halogenated alkanes) is 1. The molecule has 1 rings (SSSR count). The van der Waals surface area contributed by atoms with Crippen molar-refractivity contribution in [2.45, 2.75) is 26.7 Å². The zero-order valence-corrected chi connectivity index (χ0v) is 12.2. The first-order valence-corrected chi connectivity index (χ1v) is 6.73. The third kappa shape index (κ3) is 4.64. The molecular weight excluding hydrogens is 259 g/mol. The summed E-state index contributed by atoms with van der Waals surface area (Å²) in [4.78, 5) is 26.6. The SMILES string of the molecule is CCCCN(C)C(=O)CN(C(C)=O)c1cccc(F)c1. The Kier molecular flexibility index (Phi) is 6.15. The molecule has 0 saturated carbocycles. The summed E-state index contributed by atoms with van der Waals surface area (Å²) in [5.41, 5.74) is 0.398. The molecule has 0 aliphatic carbocycles.